The number of morpholine rings is 1. The zero-order valence-electron chi connectivity index (χ0n) is 16.8. The largest absolute Gasteiger partial charge is 0.379 e. The van der Waals surface area contributed by atoms with Crippen LogP contribution < -0.4 is 10.6 Å². The predicted molar refractivity (Wildman–Crippen MR) is 111 cm³/mol. The molecule has 1 unspecified atom stereocenters. The molecule has 2 aliphatic rings. The second-order valence-electron chi connectivity index (χ2n) is 7.34. The first-order valence-corrected chi connectivity index (χ1v) is 10.4. The number of benzene rings is 1. The number of non-ortho nitro benzene ring substituents is 1. The molecule has 9 nitrogen and oxygen atoms in total. The molecule has 0 radical (unpaired) electrons. The maximum absolute atomic E-state index is 10.8. The summed E-state index contributed by atoms with van der Waals surface area (Å²) in [6.45, 7) is 7.52. The number of ether oxygens (including phenoxy) is 2. The van der Waals surface area contributed by atoms with Crippen molar-refractivity contribution in [2.75, 3.05) is 52.5 Å². The highest BCUT2D eigenvalue weighted by Gasteiger charge is 2.16. The van der Waals surface area contributed by atoms with Crippen LogP contribution in [0.5, 0.6) is 0 Å². The number of hydrogen-bond acceptors (Lipinski definition) is 6. The van der Waals surface area contributed by atoms with Gasteiger partial charge in [0.2, 0.25) is 0 Å². The van der Waals surface area contributed by atoms with Crippen LogP contribution >= 0.6 is 0 Å². The Morgan fingerprint density at radius 1 is 1.21 bits per heavy atom. The Balaban J connectivity index is 1.48. The quantitative estimate of drug-likeness (QED) is 0.211. The average molecular weight is 405 g/mol. The van der Waals surface area contributed by atoms with Gasteiger partial charge >= 0.3 is 0 Å². The van der Waals surface area contributed by atoms with E-state index in [0.717, 1.165) is 83.3 Å². The zero-order valence-corrected chi connectivity index (χ0v) is 16.8. The van der Waals surface area contributed by atoms with E-state index in [9.17, 15) is 10.1 Å². The number of aliphatic imine (C=N–C) groups is 1. The highest BCUT2D eigenvalue weighted by molar-refractivity contribution is 5.79. The van der Waals surface area contributed by atoms with Gasteiger partial charge in [0.1, 0.15) is 0 Å². The molecule has 3 rings (SSSR count). The summed E-state index contributed by atoms with van der Waals surface area (Å²) in [5, 5.41) is 17.6. The van der Waals surface area contributed by atoms with Crippen molar-refractivity contribution in [2.24, 2.45) is 4.99 Å². The number of nitro groups is 1. The summed E-state index contributed by atoms with van der Waals surface area (Å²) < 4.78 is 11.1. The van der Waals surface area contributed by atoms with Crippen LogP contribution in [0.25, 0.3) is 0 Å². The van der Waals surface area contributed by atoms with Crippen LogP contribution in [-0.4, -0.2) is 74.4 Å². The molecule has 0 spiro atoms. The molecular formula is C20H31N5O4. The Kier molecular flexibility index (Phi) is 8.66. The minimum absolute atomic E-state index is 0.0932. The highest BCUT2D eigenvalue weighted by atomic mass is 16.6. The van der Waals surface area contributed by atoms with Crippen molar-refractivity contribution >= 4 is 11.6 Å². The van der Waals surface area contributed by atoms with Gasteiger partial charge in [0.15, 0.2) is 5.96 Å². The van der Waals surface area contributed by atoms with Gasteiger partial charge in [-0.15, -0.1) is 0 Å². The third kappa shape index (κ3) is 7.60. The first kappa shape index (κ1) is 21.5. The maximum atomic E-state index is 10.8. The molecule has 0 bridgehead atoms. The fourth-order valence-electron chi connectivity index (χ4n) is 3.42. The Hall–Kier alpha value is -2.23. The molecular weight excluding hydrogens is 374 g/mol. The van der Waals surface area contributed by atoms with E-state index >= 15 is 0 Å². The van der Waals surface area contributed by atoms with Gasteiger partial charge in [-0.1, -0.05) is 12.1 Å². The fraction of sp³-hybridized carbons (Fsp3) is 0.650. The van der Waals surface area contributed by atoms with E-state index in [0.29, 0.717) is 6.54 Å². The van der Waals surface area contributed by atoms with Crippen LogP contribution in [0.1, 0.15) is 24.8 Å². The molecule has 2 N–H and O–H groups in total. The predicted octanol–water partition coefficient (Wildman–Crippen LogP) is 1.53. The van der Waals surface area contributed by atoms with Crippen LogP contribution in [0.2, 0.25) is 0 Å². The molecule has 2 aliphatic heterocycles. The lowest BCUT2D eigenvalue weighted by molar-refractivity contribution is -0.384. The second-order valence-corrected chi connectivity index (χ2v) is 7.34. The van der Waals surface area contributed by atoms with Crippen molar-refractivity contribution in [3.8, 4) is 0 Å². The first-order chi connectivity index (χ1) is 14.2. The highest BCUT2D eigenvalue weighted by Crippen LogP contribution is 2.13. The molecule has 0 aliphatic carbocycles. The Morgan fingerprint density at radius 2 is 2.00 bits per heavy atom. The van der Waals surface area contributed by atoms with Crippen LogP contribution in [0.4, 0.5) is 5.69 Å². The summed E-state index contributed by atoms with van der Waals surface area (Å²) in [6, 6.07) is 6.52. The fourth-order valence-corrected chi connectivity index (χ4v) is 3.42. The van der Waals surface area contributed by atoms with E-state index in [1.54, 1.807) is 12.1 Å². The minimum Gasteiger partial charge on any atom is -0.379 e. The van der Waals surface area contributed by atoms with Crippen molar-refractivity contribution < 1.29 is 14.4 Å². The number of rotatable bonds is 9. The summed E-state index contributed by atoms with van der Waals surface area (Å²) >= 11 is 0. The standard InChI is InChI=1S/C20H31N5O4/c26-25(27)18-6-4-17(5-7-18)15-22-20(23-16-19-3-1-12-29-19)21-8-2-9-24-10-13-28-14-11-24/h4-7,19H,1-3,8-16H2,(H2,21,22,23). The van der Waals surface area contributed by atoms with Gasteiger partial charge < -0.3 is 20.1 Å². The minimum atomic E-state index is -0.391. The number of guanidine groups is 1. The SMILES string of the molecule is O=[N+]([O-])c1ccc(CN=C(NCCCN2CCOCC2)NCC2CCCO2)cc1. The van der Waals surface area contributed by atoms with E-state index in [1.807, 2.05) is 0 Å². The molecule has 2 fully saturated rings. The van der Waals surface area contributed by atoms with Crippen molar-refractivity contribution in [2.45, 2.75) is 31.9 Å². The third-order valence-corrected chi connectivity index (χ3v) is 5.14. The van der Waals surface area contributed by atoms with Crippen LogP contribution in [0.3, 0.4) is 0 Å². The van der Waals surface area contributed by atoms with Crippen molar-refractivity contribution in [3.05, 3.63) is 39.9 Å². The molecule has 1 aromatic rings. The van der Waals surface area contributed by atoms with E-state index < -0.39 is 4.92 Å². The molecule has 0 aromatic heterocycles. The molecule has 1 aromatic carbocycles. The van der Waals surface area contributed by atoms with E-state index in [4.69, 9.17) is 9.47 Å². The molecule has 9 heteroatoms. The third-order valence-electron chi connectivity index (χ3n) is 5.14. The monoisotopic (exact) mass is 405 g/mol. The van der Waals surface area contributed by atoms with Crippen LogP contribution in [-0.2, 0) is 16.0 Å². The maximum Gasteiger partial charge on any atom is 0.269 e. The molecule has 29 heavy (non-hydrogen) atoms. The summed E-state index contributed by atoms with van der Waals surface area (Å²) in [5.41, 5.74) is 1.03. The van der Waals surface area contributed by atoms with Gasteiger partial charge in [-0.05, 0) is 31.4 Å². The van der Waals surface area contributed by atoms with Gasteiger partial charge in [-0.3, -0.25) is 15.0 Å². The summed E-state index contributed by atoms with van der Waals surface area (Å²) in [5.74, 6) is 0.751. The molecule has 2 heterocycles. The van der Waals surface area contributed by atoms with E-state index in [1.165, 1.54) is 12.1 Å². The normalized spacial score (nSPS) is 20.6. The Labute approximate surface area is 171 Å². The first-order valence-electron chi connectivity index (χ1n) is 10.4. The Morgan fingerprint density at radius 3 is 2.69 bits per heavy atom. The summed E-state index contributed by atoms with van der Waals surface area (Å²) in [4.78, 5) is 17.5. The van der Waals surface area contributed by atoms with Crippen molar-refractivity contribution in [3.63, 3.8) is 0 Å². The van der Waals surface area contributed by atoms with Crippen molar-refractivity contribution in [1.82, 2.24) is 15.5 Å². The average Bonchev–Trinajstić information content (AvgIpc) is 3.27. The number of nitrogens with zero attached hydrogens (tertiary/aromatic N) is 3. The van der Waals surface area contributed by atoms with Gasteiger partial charge in [0.25, 0.3) is 5.69 Å². The lowest BCUT2D eigenvalue weighted by Crippen LogP contribution is -2.43. The number of nitro benzene ring substituents is 1. The zero-order chi connectivity index (χ0) is 20.3. The van der Waals surface area contributed by atoms with Gasteiger partial charge in [0.05, 0.1) is 30.8 Å². The molecule has 0 amide bonds. The second kappa shape index (κ2) is 11.7. The Bertz CT molecular complexity index is 655. The number of hydrogen-bond donors (Lipinski definition) is 2. The molecule has 160 valence electrons. The van der Waals surface area contributed by atoms with Gasteiger partial charge in [0, 0.05) is 44.9 Å². The molecule has 2 saturated heterocycles. The summed E-state index contributed by atoms with van der Waals surface area (Å²) in [7, 11) is 0. The lowest BCUT2D eigenvalue weighted by atomic mass is 10.2. The topological polar surface area (TPSA) is 101 Å². The van der Waals surface area contributed by atoms with Gasteiger partial charge in [-0.2, -0.15) is 0 Å². The van der Waals surface area contributed by atoms with E-state index in [2.05, 4.69) is 20.5 Å². The van der Waals surface area contributed by atoms with Crippen molar-refractivity contribution in [1.29, 1.82) is 0 Å². The van der Waals surface area contributed by atoms with Crippen LogP contribution in [0, 0.1) is 10.1 Å². The summed E-state index contributed by atoms with van der Waals surface area (Å²) in [6.07, 6.45) is 3.43. The van der Waals surface area contributed by atoms with E-state index in [-0.39, 0.29) is 11.8 Å². The smallest absolute Gasteiger partial charge is 0.269 e. The lowest BCUT2D eigenvalue weighted by Gasteiger charge is -2.26. The van der Waals surface area contributed by atoms with Gasteiger partial charge in [-0.25, -0.2) is 4.99 Å². The number of nitrogens with one attached hydrogen (secondary N) is 2. The van der Waals surface area contributed by atoms with Crippen LogP contribution in [0.15, 0.2) is 29.3 Å². The molecule has 1 atom stereocenters. The molecule has 0 saturated carbocycles.